The molecule has 96 heavy (non-hydrogen) atoms. The van der Waals surface area contributed by atoms with Crippen LogP contribution in [0.5, 0.6) is 23.0 Å². The molecule has 0 spiro atoms. The number of carbonyl (C=O) groups excluding carboxylic acids is 6. The Labute approximate surface area is 603 Å². The molecule has 0 aliphatic rings. The number of aryl methyl sites for hydroxylation is 3. The smallest absolute Gasteiger partial charge is 0.496 e. The van der Waals surface area contributed by atoms with Crippen LogP contribution in [0.4, 0.5) is 0 Å². The van der Waals surface area contributed by atoms with E-state index in [1.165, 1.54) is 216 Å². The minimum absolute atomic E-state index is 0. The summed E-state index contributed by atoms with van der Waals surface area (Å²) in [6.45, 7) is 15.0. The molecule has 0 bridgehead atoms. The number of ether oxygens (including phenoxy) is 6. The Morgan fingerprint density at radius 2 is 0.792 bits per heavy atom. The second-order valence-electron chi connectivity index (χ2n) is 25.0. The van der Waals surface area contributed by atoms with E-state index in [1.54, 1.807) is 25.3 Å². The maximum Gasteiger partial charge on any atom is 1.00 e. The molecule has 4 aromatic rings. The van der Waals surface area contributed by atoms with Crippen molar-refractivity contribution in [3.8, 4) is 23.0 Å². The Kier molecular flexibility index (Phi) is 59.0. The number of aldehydes is 1. The summed E-state index contributed by atoms with van der Waals surface area (Å²) in [6, 6.07) is 27.5. The van der Waals surface area contributed by atoms with Gasteiger partial charge in [0.15, 0.2) is 6.29 Å². The number of ketones is 1. The number of rotatable bonds is 51. The van der Waals surface area contributed by atoms with Crippen molar-refractivity contribution in [3.05, 3.63) is 118 Å². The minimum atomic E-state index is -1.40. The summed E-state index contributed by atoms with van der Waals surface area (Å²) in [5.74, 6) is 0.979. The Hall–Kier alpha value is -5.74. The van der Waals surface area contributed by atoms with Crippen LogP contribution in [0.1, 0.15) is 291 Å². The number of hydrogen-bond donors (Lipinski definition) is 3. The fraction of sp³-hybridized carbons (Fsp3) is 0.625. The topological polar surface area (TPSA) is 208 Å². The van der Waals surface area contributed by atoms with Crippen LogP contribution >= 0.6 is 0 Å². The summed E-state index contributed by atoms with van der Waals surface area (Å²) < 4.78 is 31.0. The van der Waals surface area contributed by atoms with Gasteiger partial charge >= 0.3 is 47.8 Å². The van der Waals surface area contributed by atoms with Crippen LogP contribution < -0.4 is 64.9 Å². The Bertz CT molecular complexity index is 2570. The second kappa shape index (κ2) is 62.8. The number of hydrogen-bond acceptors (Lipinski definition) is 13. The van der Waals surface area contributed by atoms with E-state index in [-0.39, 0.29) is 41.4 Å². The maximum atomic E-state index is 12.1. The van der Waals surface area contributed by atoms with Crippen molar-refractivity contribution >= 4 is 35.8 Å². The van der Waals surface area contributed by atoms with E-state index < -0.39 is 24.0 Å². The first-order valence-corrected chi connectivity index (χ1v) is 36.3. The van der Waals surface area contributed by atoms with Gasteiger partial charge < -0.3 is 44.8 Å². The normalized spacial score (nSPS) is 10.4. The quantitative estimate of drug-likeness (QED) is 0.0124. The van der Waals surface area contributed by atoms with Crippen LogP contribution in [0.3, 0.4) is 0 Å². The van der Waals surface area contributed by atoms with Gasteiger partial charge in [0.1, 0.15) is 23.0 Å². The van der Waals surface area contributed by atoms with Gasteiger partial charge in [-0.2, -0.15) is 0 Å². The Balaban J connectivity index is 0.00000136. The number of methoxy groups -OCH3 is 2. The minimum Gasteiger partial charge on any atom is -0.496 e. The van der Waals surface area contributed by atoms with E-state index in [2.05, 4.69) is 71.2 Å². The fourth-order valence-electron chi connectivity index (χ4n) is 10.4. The van der Waals surface area contributed by atoms with Gasteiger partial charge in [-0.1, -0.05) is 259 Å². The molecule has 0 aromatic heterocycles. The molecule has 2 amide bonds. The monoisotopic (exact) mass is 1340 g/mol. The van der Waals surface area contributed by atoms with Gasteiger partial charge in [0.2, 0.25) is 17.6 Å². The van der Waals surface area contributed by atoms with Gasteiger partial charge in [0.25, 0.3) is 0 Å². The standard InChI is InChI=1S/C35H55NO3.C20H23NO4.C18H39N.C7H10O5.Na/c1-4-5-6-7-8-9-10-11-12-13-14-15-16-17-19-32-25-26-33(28-34(32)38-3)39-27-18-20-35(37)36-29-31-23-21-30(2)22-24-31;1-15-5-7-16(8-6-15)13-21-20(23)4-3-11-25-18-10-9-17(14-22)19(12-18)24-2;1-2-3-4-5-6-7-8-9-10-11-12-13-14-15-16-17-18-19;1-4(8)7(11-5(2)9)12-6(3)10;/h21-26,28H,4-20,27,29H2,1-3H3,(H,36,37);5-10,12,14H,3-4,11,13H2,1-2H3,(H,21,23);2-19H2,1H3;7H,1-3H3;/q;;;;+1. The number of amides is 2. The summed E-state index contributed by atoms with van der Waals surface area (Å²) in [6.07, 6.45) is 44.7. The molecule has 0 radical (unpaired) electrons. The predicted octanol–water partition coefficient (Wildman–Crippen LogP) is 16.0. The van der Waals surface area contributed by atoms with Gasteiger partial charge in [-0.3, -0.25) is 28.8 Å². The second-order valence-corrected chi connectivity index (χ2v) is 25.0. The zero-order valence-corrected chi connectivity index (χ0v) is 63.5. The number of Topliss-reactive ketones (excluding diaryl/α,β-unsaturated/α-hetero) is 1. The zero-order valence-electron chi connectivity index (χ0n) is 61.5. The number of carbonyl (C=O) groups is 6. The molecule has 4 rings (SSSR count). The molecule has 4 N–H and O–H groups in total. The summed E-state index contributed by atoms with van der Waals surface area (Å²) >= 11 is 0. The van der Waals surface area contributed by atoms with Crippen LogP contribution in [-0.4, -0.2) is 76.1 Å². The summed E-state index contributed by atoms with van der Waals surface area (Å²) in [5.41, 5.74) is 11.8. The van der Waals surface area contributed by atoms with E-state index in [1.807, 2.05) is 43.3 Å². The fourth-order valence-corrected chi connectivity index (χ4v) is 10.4. The third-order valence-corrected chi connectivity index (χ3v) is 16.2. The van der Waals surface area contributed by atoms with Crippen molar-refractivity contribution in [1.82, 2.24) is 10.6 Å². The zero-order chi connectivity index (χ0) is 69.8. The van der Waals surface area contributed by atoms with Crippen LogP contribution in [0, 0.1) is 13.8 Å². The Morgan fingerprint density at radius 1 is 0.448 bits per heavy atom. The van der Waals surface area contributed by atoms with Crippen LogP contribution in [0.25, 0.3) is 0 Å². The SMILES string of the molecule is CC(=O)OC(OC(C)=O)C(C)=O.CCCCCCCCCCCCCCCCCCN.CCCCCCCCCCCCCCCCc1ccc(OCCCC(=O)NCc2ccc(C)cc2)cc1OC.COc1cc(OCCCC(=O)NCc2ccc(C)cc2)ccc1C=O.[Na+]. The molecule has 0 aliphatic carbocycles. The van der Waals surface area contributed by atoms with E-state index in [0.29, 0.717) is 69.0 Å². The third-order valence-electron chi connectivity index (χ3n) is 16.2. The first-order chi connectivity index (χ1) is 46.1. The molecule has 15 nitrogen and oxygen atoms in total. The van der Waals surface area contributed by atoms with Crippen molar-refractivity contribution in [2.24, 2.45) is 5.73 Å². The van der Waals surface area contributed by atoms with Crippen LogP contribution in [0.15, 0.2) is 84.9 Å². The number of unbranched alkanes of at least 4 members (excludes halogenated alkanes) is 28. The van der Waals surface area contributed by atoms with Crippen LogP contribution in [0.2, 0.25) is 0 Å². The van der Waals surface area contributed by atoms with Crippen molar-refractivity contribution in [3.63, 3.8) is 0 Å². The van der Waals surface area contributed by atoms with Gasteiger partial charge in [-0.05, 0) is 87.4 Å². The molecule has 534 valence electrons. The molecule has 4 aromatic carbocycles. The van der Waals surface area contributed by atoms with E-state index >= 15 is 0 Å². The van der Waals surface area contributed by atoms with Crippen molar-refractivity contribution in [2.75, 3.05) is 34.0 Å². The molecule has 16 heteroatoms. The largest absolute Gasteiger partial charge is 1.00 e. The molecule has 0 heterocycles. The number of benzene rings is 4. The predicted molar refractivity (Wildman–Crippen MR) is 388 cm³/mol. The van der Waals surface area contributed by atoms with Crippen LogP contribution in [-0.2, 0) is 53.0 Å². The molecule has 0 atom stereocenters. The molecular formula is C80H127N3NaO12+. The summed E-state index contributed by atoms with van der Waals surface area (Å²) in [7, 11) is 3.23. The first-order valence-electron chi connectivity index (χ1n) is 36.3. The van der Waals surface area contributed by atoms with Crippen molar-refractivity contribution < 1.29 is 86.7 Å². The molecule has 0 saturated carbocycles. The molecular weight excluding hydrogens is 1220 g/mol. The third kappa shape index (κ3) is 51.5. The maximum absolute atomic E-state index is 12.1. The van der Waals surface area contributed by atoms with Crippen molar-refractivity contribution in [2.45, 2.75) is 293 Å². The van der Waals surface area contributed by atoms with E-state index in [9.17, 15) is 28.8 Å². The number of nitrogens with one attached hydrogen (secondary N) is 2. The van der Waals surface area contributed by atoms with E-state index in [4.69, 9.17) is 24.7 Å². The number of nitrogens with two attached hydrogens (primary N) is 1. The summed E-state index contributed by atoms with van der Waals surface area (Å²) in [5, 5.41) is 5.88. The number of esters is 2. The van der Waals surface area contributed by atoms with Crippen molar-refractivity contribution in [1.29, 1.82) is 0 Å². The van der Waals surface area contributed by atoms with Gasteiger partial charge in [0, 0.05) is 58.8 Å². The first kappa shape index (κ1) is 90.3. The van der Waals surface area contributed by atoms with E-state index in [0.717, 1.165) is 62.6 Å². The van der Waals surface area contributed by atoms with Gasteiger partial charge in [-0.15, -0.1) is 0 Å². The molecule has 0 fully saturated rings. The molecule has 0 aliphatic heterocycles. The average Bonchev–Trinajstić information content (AvgIpc) is 0.967. The average molecular weight is 1350 g/mol. The Morgan fingerprint density at radius 3 is 1.12 bits per heavy atom. The molecule has 0 unspecified atom stereocenters. The summed E-state index contributed by atoms with van der Waals surface area (Å²) in [4.78, 5) is 66.2. The molecule has 0 saturated heterocycles. The van der Waals surface area contributed by atoms with Gasteiger partial charge in [-0.25, -0.2) is 0 Å². The van der Waals surface area contributed by atoms with Gasteiger partial charge in [0.05, 0.1) is 33.0 Å².